The Morgan fingerprint density at radius 1 is 1.11 bits per heavy atom. The number of nitrogens with one attached hydrogen (secondary N) is 2. The first kappa shape index (κ1) is 29.7. The third-order valence-electron chi connectivity index (χ3n) is 4.93. The Bertz CT molecular complexity index is 881. The summed E-state index contributed by atoms with van der Waals surface area (Å²) in [7, 11) is 0. The van der Waals surface area contributed by atoms with Crippen molar-refractivity contribution in [1.82, 2.24) is 15.5 Å². The molecular formula is C25H40N4O6. The van der Waals surface area contributed by atoms with Crippen LogP contribution < -0.4 is 16.4 Å². The molecule has 10 heteroatoms. The van der Waals surface area contributed by atoms with Gasteiger partial charge in [-0.1, -0.05) is 31.5 Å². The second-order valence-corrected chi connectivity index (χ2v) is 9.71. The summed E-state index contributed by atoms with van der Waals surface area (Å²) in [6.45, 7) is 10.8. The molecule has 0 aliphatic carbocycles. The number of phenolic OH excluding ortho intramolecular Hbond substituents is 1. The van der Waals surface area contributed by atoms with Crippen LogP contribution in [0, 0.1) is 0 Å². The molecule has 2 atom stereocenters. The number of benzene rings is 1. The lowest BCUT2D eigenvalue weighted by Crippen LogP contribution is -2.54. The number of rotatable bonds is 12. The van der Waals surface area contributed by atoms with Gasteiger partial charge >= 0.3 is 6.09 Å². The molecule has 196 valence electrons. The van der Waals surface area contributed by atoms with E-state index < -0.39 is 41.5 Å². The molecule has 0 aliphatic rings. The molecule has 5 N–H and O–H groups in total. The van der Waals surface area contributed by atoms with Crippen LogP contribution in [0.5, 0.6) is 5.75 Å². The number of phenols is 1. The van der Waals surface area contributed by atoms with Gasteiger partial charge in [0.1, 0.15) is 23.4 Å². The Kier molecular flexibility index (Phi) is 11.5. The van der Waals surface area contributed by atoms with E-state index in [1.807, 2.05) is 6.92 Å². The second-order valence-electron chi connectivity index (χ2n) is 9.71. The number of nitrogens with zero attached hydrogens (tertiary/aromatic N) is 1. The Morgan fingerprint density at radius 2 is 1.74 bits per heavy atom. The minimum absolute atomic E-state index is 0.0741. The summed E-state index contributed by atoms with van der Waals surface area (Å²) in [6, 6.07) is 3.75. The number of hydrogen-bond acceptors (Lipinski definition) is 6. The molecule has 0 heterocycles. The van der Waals surface area contributed by atoms with Gasteiger partial charge in [-0.05, 0) is 53.5 Å². The molecule has 4 amide bonds. The SMILES string of the molecule is CCCCN(C(=O)C(CCC(N)=O)NC(=O)OC(C)(C)C)C(C(=O)NC(C)C)c1ccccc1O. The summed E-state index contributed by atoms with van der Waals surface area (Å²) in [4.78, 5) is 52.4. The van der Waals surface area contributed by atoms with E-state index in [1.165, 1.54) is 11.0 Å². The molecule has 2 unspecified atom stereocenters. The summed E-state index contributed by atoms with van der Waals surface area (Å²) in [6.07, 6.45) is 0.234. The highest BCUT2D eigenvalue weighted by atomic mass is 16.6. The van der Waals surface area contributed by atoms with Gasteiger partial charge in [0.15, 0.2) is 0 Å². The van der Waals surface area contributed by atoms with Crippen LogP contribution in [0.25, 0.3) is 0 Å². The van der Waals surface area contributed by atoms with Gasteiger partial charge < -0.3 is 31.1 Å². The number of aromatic hydroxyl groups is 1. The molecule has 0 spiro atoms. The van der Waals surface area contributed by atoms with Crippen LogP contribution >= 0.6 is 0 Å². The molecule has 1 aromatic rings. The third-order valence-corrected chi connectivity index (χ3v) is 4.93. The van der Waals surface area contributed by atoms with E-state index in [1.54, 1.807) is 52.8 Å². The average molecular weight is 493 g/mol. The molecule has 1 aromatic carbocycles. The zero-order valence-electron chi connectivity index (χ0n) is 21.6. The van der Waals surface area contributed by atoms with E-state index in [2.05, 4.69) is 10.6 Å². The van der Waals surface area contributed by atoms with E-state index in [0.717, 1.165) is 6.42 Å². The number of para-hydroxylation sites is 1. The second kappa shape index (κ2) is 13.6. The number of carbonyl (C=O) groups excluding carboxylic acids is 4. The summed E-state index contributed by atoms with van der Waals surface area (Å²) in [5.41, 5.74) is 4.74. The van der Waals surface area contributed by atoms with Gasteiger partial charge in [-0.2, -0.15) is 0 Å². The van der Waals surface area contributed by atoms with Gasteiger partial charge in [0.25, 0.3) is 0 Å². The van der Waals surface area contributed by atoms with Crippen molar-refractivity contribution in [1.29, 1.82) is 0 Å². The van der Waals surface area contributed by atoms with Crippen LogP contribution in [0.3, 0.4) is 0 Å². The number of hydrogen-bond donors (Lipinski definition) is 4. The van der Waals surface area contributed by atoms with Crippen molar-refractivity contribution in [2.45, 2.75) is 91.0 Å². The fraction of sp³-hybridized carbons (Fsp3) is 0.600. The highest BCUT2D eigenvalue weighted by Gasteiger charge is 2.37. The van der Waals surface area contributed by atoms with Crippen LogP contribution in [-0.2, 0) is 19.1 Å². The average Bonchev–Trinajstić information content (AvgIpc) is 2.72. The normalized spacial score (nSPS) is 13.0. The van der Waals surface area contributed by atoms with Crippen LogP contribution in [0.2, 0.25) is 0 Å². The van der Waals surface area contributed by atoms with Crippen LogP contribution in [0.1, 0.15) is 78.8 Å². The lowest BCUT2D eigenvalue weighted by Gasteiger charge is -2.35. The first-order valence-electron chi connectivity index (χ1n) is 11.9. The number of nitrogens with two attached hydrogens (primary N) is 1. The summed E-state index contributed by atoms with van der Waals surface area (Å²) < 4.78 is 5.29. The quantitative estimate of drug-likeness (QED) is 0.352. The third kappa shape index (κ3) is 10.2. The number of alkyl carbamates (subject to hydrolysis) is 1. The van der Waals surface area contributed by atoms with E-state index in [4.69, 9.17) is 10.5 Å². The van der Waals surface area contributed by atoms with Crippen molar-refractivity contribution < 1.29 is 29.0 Å². The van der Waals surface area contributed by atoms with Crippen molar-refractivity contribution >= 4 is 23.8 Å². The molecule has 0 saturated heterocycles. The smallest absolute Gasteiger partial charge is 0.408 e. The Balaban J connectivity index is 3.48. The lowest BCUT2D eigenvalue weighted by molar-refractivity contribution is -0.143. The highest BCUT2D eigenvalue weighted by molar-refractivity contribution is 5.93. The fourth-order valence-corrected chi connectivity index (χ4v) is 3.42. The fourth-order valence-electron chi connectivity index (χ4n) is 3.42. The topological polar surface area (TPSA) is 151 Å². The zero-order valence-corrected chi connectivity index (χ0v) is 21.6. The maximum absolute atomic E-state index is 13.8. The number of amides is 4. The van der Waals surface area contributed by atoms with Crippen molar-refractivity contribution in [2.24, 2.45) is 5.73 Å². The van der Waals surface area contributed by atoms with Crippen molar-refractivity contribution in [3.05, 3.63) is 29.8 Å². The van der Waals surface area contributed by atoms with Gasteiger partial charge in [0.05, 0.1) is 0 Å². The Hall–Kier alpha value is -3.30. The van der Waals surface area contributed by atoms with E-state index in [-0.39, 0.29) is 36.7 Å². The molecule has 10 nitrogen and oxygen atoms in total. The minimum Gasteiger partial charge on any atom is -0.508 e. The molecule has 0 fully saturated rings. The van der Waals surface area contributed by atoms with Crippen LogP contribution in [0.15, 0.2) is 24.3 Å². The zero-order chi connectivity index (χ0) is 26.8. The Morgan fingerprint density at radius 3 is 2.26 bits per heavy atom. The molecule has 0 aromatic heterocycles. The number of unbranched alkanes of at least 4 members (excludes halogenated alkanes) is 1. The van der Waals surface area contributed by atoms with Gasteiger partial charge in [-0.15, -0.1) is 0 Å². The van der Waals surface area contributed by atoms with Gasteiger partial charge in [-0.3, -0.25) is 14.4 Å². The Labute approximate surface area is 207 Å². The molecule has 0 bridgehead atoms. The minimum atomic E-state index is -1.17. The first-order chi connectivity index (χ1) is 16.3. The van der Waals surface area contributed by atoms with Crippen molar-refractivity contribution in [3.63, 3.8) is 0 Å². The van der Waals surface area contributed by atoms with Gasteiger partial charge in [0, 0.05) is 24.6 Å². The maximum atomic E-state index is 13.8. The van der Waals surface area contributed by atoms with E-state index >= 15 is 0 Å². The maximum Gasteiger partial charge on any atom is 0.408 e. The van der Waals surface area contributed by atoms with Crippen molar-refractivity contribution in [2.75, 3.05) is 6.54 Å². The summed E-state index contributed by atoms with van der Waals surface area (Å²) >= 11 is 0. The summed E-state index contributed by atoms with van der Waals surface area (Å²) in [5.74, 6) is -1.84. The van der Waals surface area contributed by atoms with E-state index in [9.17, 15) is 24.3 Å². The lowest BCUT2D eigenvalue weighted by atomic mass is 10.00. The molecule has 35 heavy (non-hydrogen) atoms. The van der Waals surface area contributed by atoms with Gasteiger partial charge in [-0.25, -0.2) is 4.79 Å². The number of primary amides is 1. The summed E-state index contributed by atoms with van der Waals surface area (Å²) in [5, 5.41) is 15.9. The van der Waals surface area contributed by atoms with Crippen molar-refractivity contribution in [3.8, 4) is 5.75 Å². The monoisotopic (exact) mass is 492 g/mol. The number of carbonyl (C=O) groups is 4. The largest absolute Gasteiger partial charge is 0.508 e. The predicted octanol–water partition coefficient (Wildman–Crippen LogP) is 2.75. The molecular weight excluding hydrogens is 452 g/mol. The molecule has 0 saturated carbocycles. The number of ether oxygens (including phenoxy) is 1. The molecule has 1 rings (SSSR count). The van der Waals surface area contributed by atoms with Gasteiger partial charge in [0.2, 0.25) is 17.7 Å². The predicted molar refractivity (Wildman–Crippen MR) is 132 cm³/mol. The standard InChI is InChI=1S/C25H40N4O6/c1-7-8-15-29(21(22(32)27-16(2)3)17-11-9-10-12-19(17)30)23(33)18(13-14-20(26)31)28-24(34)35-25(4,5)6/h9-12,16,18,21,30H,7-8,13-15H2,1-6H3,(H2,26,31)(H,27,32)(H,28,34). The first-order valence-corrected chi connectivity index (χ1v) is 11.9. The van der Waals surface area contributed by atoms with Crippen LogP contribution in [0.4, 0.5) is 4.79 Å². The molecule has 0 aliphatic heterocycles. The highest BCUT2D eigenvalue weighted by Crippen LogP contribution is 2.30. The molecule has 0 radical (unpaired) electrons. The van der Waals surface area contributed by atoms with E-state index in [0.29, 0.717) is 6.42 Å². The van der Waals surface area contributed by atoms with Crippen LogP contribution in [-0.4, -0.2) is 58.1 Å².